The molecular formula is C28H29IN2O5. The molecular weight excluding hydrogens is 571 g/mol. The Kier molecular flexibility index (Phi) is 10.8. The Bertz CT molecular complexity index is 1160. The first-order chi connectivity index (χ1) is 17.5. The lowest BCUT2D eigenvalue weighted by atomic mass is 10.1. The number of carbonyl (C=O) groups is 2. The summed E-state index contributed by atoms with van der Waals surface area (Å²) in [7, 11) is 0. The smallest absolute Gasteiger partial charge is 0.267 e. The number of aliphatic hydroxyl groups is 1. The number of nitrogens with one attached hydrogen (secondary N) is 2. The molecule has 0 heterocycles. The fraction of sp³-hybridized carbons (Fsp3) is 0.214. The van der Waals surface area contributed by atoms with Gasteiger partial charge in [-0.3, -0.25) is 9.59 Å². The van der Waals surface area contributed by atoms with Gasteiger partial charge in [-0.2, -0.15) is 0 Å². The van der Waals surface area contributed by atoms with Crippen molar-refractivity contribution in [2.45, 2.75) is 13.3 Å². The van der Waals surface area contributed by atoms with Crippen LogP contribution in [0.15, 0.2) is 78.5 Å². The van der Waals surface area contributed by atoms with Crippen LogP contribution in [0, 0.1) is 3.57 Å². The van der Waals surface area contributed by atoms with Crippen LogP contribution < -0.4 is 20.1 Å². The van der Waals surface area contributed by atoms with E-state index in [1.165, 1.54) is 9.13 Å². The maximum atomic E-state index is 12.9. The van der Waals surface area contributed by atoms with Crippen molar-refractivity contribution in [3.63, 3.8) is 0 Å². The van der Waals surface area contributed by atoms with Gasteiger partial charge in [0.2, 0.25) is 0 Å². The van der Waals surface area contributed by atoms with Crippen LogP contribution >= 0.6 is 22.6 Å². The molecule has 0 aliphatic rings. The van der Waals surface area contributed by atoms with Crippen LogP contribution in [0.1, 0.15) is 28.4 Å². The van der Waals surface area contributed by atoms with Crippen molar-refractivity contribution in [1.29, 1.82) is 0 Å². The molecule has 36 heavy (non-hydrogen) atoms. The minimum Gasteiger partial charge on any atom is -0.494 e. The molecule has 2 amide bonds. The maximum Gasteiger partial charge on any atom is 0.267 e. The van der Waals surface area contributed by atoms with E-state index in [1.807, 2.05) is 6.92 Å². The highest BCUT2D eigenvalue weighted by atomic mass is 127. The summed E-state index contributed by atoms with van der Waals surface area (Å²) in [6.07, 6.45) is 2.35. The van der Waals surface area contributed by atoms with Crippen molar-refractivity contribution in [3.8, 4) is 11.5 Å². The number of hydrogen-bond acceptors (Lipinski definition) is 5. The monoisotopic (exact) mass is 600 g/mol. The molecule has 0 bridgehead atoms. The van der Waals surface area contributed by atoms with Crippen LogP contribution in [0.2, 0.25) is 0 Å². The van der Waals surface area contributed by atoms with E-state index in [9.17, 15) is 9.59 Å². The Morgan fingerprint density at radius 1 is 0.917 bits per heavy atom. The second-order valence-electron chi connectivity index (χ2n) is 7.74. The Hall–Kier alpha value is -3.37. The predicted octanol–water partition coefficient (Wildman–Crippen LogP) is 4.19. The van der Waals surface area contributed by atoms with Gasteiger partial charge in [0.25, 0.3) is 11.8 Å². The number of carbonyl (C=O) groups excluding carboxylic acids is 2. The molecule has 3 N–H and O–H groups in total. The highest BCUT2D eigenvalue weighted by molar-refractivity contribution is 14.1. The van der Waals surface area contributed by atoms with E-state index >= 15 is 0 Å². The normalized spacial score (nSPS) is 11.0. The maximum absolute atomic E-state index is 12.9. The Balaban J connectivity index is 1.63. The first-order valence-corrected chi connectivity index (χ1v) is 12.7. The summed E-state index contributed by atoms with van der Waals surface area (Å²) in [5, 5.41) is 14.3. The molecule has 0 aliphatic heterocycles. The summed E-state index contributed by atoms with van der Waals surface area (Å²) in [6.45, 7) is 2.84. The van der Waals surface area contributed by atoms with E-state index in [0.29, 0.717) is 35.8 Å². The Morgan fingerprint density at radius 2 is 1.56 bits per heavy atom. The molecule has 188 valence electrons. The molecule has 0 saturated heterocycles. The second kappa shape index (κ2) is 14.3. The minimum atomic E-state index is -0.498. The number of rotatable bonds is 12. The van der Waals surface area contributed by atoms with Gasteiger partial charge in [0.1, 0.15) is 17.2 Å². The van der Waals surface area contributed by atoms with Crippen molar-refractivity contribution in [2.75, 3.05) is 26.4 Å². The van der Waals surface area contributed by atoms with E-state index in [-0.39, 0.29) is 18.8 Å². The molecule has 0 radical (unpaired) electrons. The fourth-order valence-corrected chi connectivity index (χ4v) is 3.61. The van der Waals surface area contributed by atoms with E-state index < -0.39 is 11.8 Å². The fourth-order valence-electron chi connectivity index (χ4n) is 3.25. The summed E-state index contributed by atoms with van der Waals surface area (Å²) in [6, 6.07) is 22.2. The van der Waals surface area contributed by atoms with E-state index in [4.69, 9.17) is 14.6 Å². The van der Waals surface area contributed by atoms with Gasteiger partial charge in [0.15, 0.2) is 0 Å². The number of halogens is 1. The van der Waals surface area contributed by atoms with Gasteiger partial charge in [-0.05, 0) is 95.2 Å². The second-order valence-corrected chi connectivity index (χ2v) is 8.99. The van der Waals surface area contributed by atoms with Gasteiger partial charge in [-0.1, -0.05) is 24.3 Å². The van der Waals surface area contributed by atoms with Crippen LogP contribution in [0.4, 0.5) is 0 Å². The predicted molar refractivity (Wildman–Crippen MR) is 148 cm³/mol. The van der Waals surface area contributed by atoms with Crippen LogP contribution in [-0.2, 0) is 11.2 Å². The van der Waals surface area contributed by atoms with Crippen molar-refractivity contribution in [2.24, 2.45) is 0 Å². The quantitative estimate of drug-likeness (QED) is 0.214. The molecule has 8 heteroatoms. The molecule has 7 nitrogen and oxygen atoms in total. The molecule has 0 spiro atoms. The van der Waals surface area contributed by atoms with Crippen molar-refractivity contribution in [1.82, 2.24) is 10.6 Å². The summed E-state index contributed by atoms with van der Waals surface area (Å²) in [4.78, 5) is 25.5. The van der Waals surface area contributed by atoms with Crippen molar-refractivity contribution in [3.05, 3.63) is 98.8 Å². The molecule has 0 saturated carbocycles. The average Bonchev–Trinajstić information content (AvgIpc) is 2.89. The molecule has 0 aliphatic carbocycles. The van der Waals surface area contributed by atoms with Crippen LogP contribution in [0.25, 0.3) is 6.08 Å². The van der Waals surface area contributed by atoms with Crippen LogP contribution in [0.3, 0.4) is 0 Å². The van der Waals surface area contributed by atoms with Gasteiger partial charge in [-0.15, -0.1) is 0 Å². The largest absolute Gasteiger partial charge is 0.494 e. The topological polar surface area (TPSA) is 96.9 Å². The number of benzene rings is 3. The van der Waals surface area contributed by atoms with Crippen LogP contribution in [0.5, 0.6) is 11.5 Å². The Morgan fingerprint density at radius 3 is 2.19 bits per heavy atom. The van der Waals surface area contributed by atoms with Crippen molar-refractivity contribution < 1.29 is 24.2 Å². The zero-order valence-electron chi connectivity index (χ0n) is 20.0. The third-order valence-corrected chi connectivity index (χ3v) is 5.80. The van der Waals surface area contributed by atoms with Gasteiger partial charge in [0.05, 0.1) is 19.8 Å². The third kappa shape index (κ3) is 8.69. The average molecular weight is 600 g/mol. The molecule has 0 atom stereocenters. The number of hydrogen-bond donors (Lipinski definition) is 3. The van der Waals surface area contributed by atoms with Gasteiger partial charge >= 0.3 is 0 Å². The molecule has 3 rings (SSSR count). The Labute approximate surface area is 224 Å². The summed E-state index contributed by atoms with van der Waals surface area (Å²) in [5.74, 6) is 0.437. The lowest BCUT2D eigenvalue weighted by Crippen LogP contribution is -2.36. The SMILES string of the molecule is CCOc1ccc(/C=C(\NC(=O)c2ccc(OCCc3ccc(I)cc3)cc2)C(=O)NCCO)cc1. The summed E-state index contributed by atoms with van der Waals surface area (Å²) >= 11 is 2.27. The number of ether oxygens (including phenoxy) is 2. The van der Waals surface area contributed by atoms with Gasteiger partial charge < -0.3 is 25.2 Å². The van der Waals surface area contributed by atoms with Gasteiger partial charge in [0, 0.05) is 22.1 Å². The zero-order chi connectivity index (χ0) is 25.8. The van der Waals surface area contributed by atoms with E-state index in [1.54, 1.807) is 54.6 Å². The summed E-state index contributed by atoms with van der Waals surface area (Å²) in [5.41, 5.74) is 2.35. The van der Waals surface area contributed by atoms with E-state index in [2.05, 4.69) is 57.5 Å². The number of amides is 2. The third-order valence-electron chi connectivity index (χ3n) is 5.08. The lowest BCUT2D eigenvalue weighted by molar-refractivity contribution is -0.117. The number of aliphatic hydroxyl groups excluding tert-OH is 1. The van der Waals surface area contributed by atoms with E-state index in [0.717, 1.165) is 6.42 Å². The highest BCUT2D eigenvalue weighted by Crippen LogP contribution is 2.16. The molecule has 0 unspecified atom stereocenters. The van der Waals surface area contributed by atoms with Crippen molar-refractivity contribution >= 4 is 40.5 Å². The lowest BCUT2D eigenvalue weighted by Gasteiger charge is -2.12. The molecule has 3 aromatic rings. The zero-order valence-corrected chi connectivity index (χ0v) is 22.2. The minimum absolute atomic E-state index is 0.0652. The van der Waals surface area contributed by atoms with Gasteiger partial charge in [-0.25, -0.2) is 0 Å². The first-order valence-electron chi connectivity index (χ1n) is 11.6. The standard InChI is InChI=1S/C28H29IN2O5/c1-2-35-24-11-5-21(6-12-24)19-26(28(34)30-16-17-32)31-27(33)22-7-13-25(14-8-22)36-18-15-20-3-9-23(29)10-4-20/h3-14,19,32H,2,15-18H2,1H3,(H,30,34)(H,31,33)/b26-19-. The molecule has 0 aromatic heterocycles. The highest BCUT2D eigenvalue weighted by Gasteiger charge is 2.15. The molecule has 0 fully saturated rings. The summed E-state index contributed by atoms with van der Waals surface area (Å²) < 4.78 is 12.4. The molecule has 3 aromatic carbocycles. The van der Waals surface area contributed by atoms with Crippen LogP contribution in [-0.4, -0.2) is 43.3 Å². The first kappa shape index (κ1) is 27.2.